The fourth-order valence-electron chi connectivity index (χ4n) is 2.60. The molecule has 3 rings (SSSR count). The molecule has 1 fully saturated rings. The Balaban J connectivity index is 1.78. The van der Waals surface area contributed by atoms with Crippen LogP contribution >= 0.6 is 23.2 Å². The second-order valence-electron chi connectivity index (χ2n) is 5.74. The van der Waals surface area contributed by atoms with Crippen LogP contribution in [-0.2, 0) is 11.8 Å². The van der Waals surface area contributed by atoms with Crippen molar-refractivity contribution in [2.75, 3.05) is 13.1 Å². The number of nitrogens with one attached hydrogen (secondary N) is 1. The maximum atomic E-state index is 6.18. The quantitative estimate of drug-likeness (QED) is 0.936. The van der Waals surface area contributed by atoms with Crippen LogP contribution in [0.5, 0.6) is 0 Å². The van der Waals surface area contributed by atoms with Crippen LogP contribution in [0.15, 0.2) is 22.7 Å². The molecule has 0 unspecified atom stereocenters. The smallest absolute Gasteiger partial charge is 0.232 e. The van der Waals surface area contributed by atoms with Crippen molar-refractivity contribution in [3.05, 3.63) is 45.5 Å². The summed E-state index contributed by atoms with van der Waals surface area (Å²) in [5, 5.41) is 8.70. The van der Waals surface area contributed by atoms with E-state index in [1.54, 1.807) is 6.07 Å². The number of rotatable bonds is 3. The number of halogens is 2. The molecule has 2 aromatic rings. The van der Waals surface area contributed by atoms with E-state index in [0.29, 0.717) is 22.3 Å². The molecule has 0 atom stereocenters. The number of piperidine rings is 1. The molecule has 1 saturated heterocycles. The number of hydrogen-bond acceptors (Lipinski definition) is 4. The van der Waals surface area contributed by atoms with E-state index in [1.165, 1.54) is 0 Å². The van der Waals surface area contributed by atoms with Crippen LogP contribution in [-0.4, -0.2) is 23.2 Å². The highest BCUT2D eigenvalue weighted by Crippen LogP contribution is 2.32. The first-order chi connectivity index (χ1) is 10.1. The first kappa shape index (κ1) is 14.8. The summed E-state index contributed by atoms with van der Waals surface area (Å²) in [5.74, 6) is 1.39. The summed E-state index contributed by atoms with van der Waals surface area (Å²) in [5.41, 5.74) is 0.921. The van der Waals surface area contributed by atoms with Gasteiger partial charge in [0.25, 0.3) is 0 Å². The van der Waals surface area contributed by atoms with Gasteiger partial charge < -0.3 is 9.84 Å². The van der Waals surface area contributed by atoms with Crippen LogP contribution in [0.1, 0.15) is 37.0 Å². The summed E-state index contributed by atoms with van der Waals surface area (Å²) in [6.07, 6.45) is 2.57. The van der Waals surface area contributed by atoms with Crippen LogP contribution in [0.4, 0.5) is 0 Å². The maximum Gasteiger partial charge on any atom is 0.232 e. The lowest BCUT2D eigenvalue weighted by atomic mass is 9.81. The van der Waals surface area contributed by atoms with Gasteiger partial charge in [0.05, 0.1) is 0 Å². The monoisotopic (exact) mass is 325 g/mol. The second-order valence-corrected chi connectivity index (χ2v) is 6.58. The molecular formula is C15H17Cl2N3O. The summed E-state index contributed by atoms with van der Waals surface area (Å²) in [6.45, 7) is 4.15. The predicted octanol–water partition coefficient (Wildman–Crippen LogP) is 3.61. The standard InChI is InChI=1S/C15H17Cl2N3O/c1-15(4-6-18-7-5-15)14-19-13(20-21-14)8-10-2-3-11(16)9-12(10)17/h2-3,9,18H,4-8H2,1H3. The van der Waals surface area contributed by atoms with Gasteiger partial charge in [-0.1, -0.05) is 41.3 Å². The minimum Gasteiger partial charge on any atom is -0.339 e. The highest BCUT2D eigenvalue weighted by atomic mass is 35.5. The molecule has 4 nitrogen and oxygen atoms in total. The summed E-state index contributed by atoms with van der Waals surface area (Å²) < 4.78 is 5.48. The van der Waals surface area contributed by atoms with Crippen molar-refractivity contribution in [1.82, 2.24) is 15.5 Å². The van der Waals surface area contributed by atoms with E-state index in [2.05, 4.69) is 22.4 Å². The van der Waals surface area contributed by atoms with Crippen molar-refractivity contribution in [3.8, 4) is 0 Å². The Morgan fingerprint density at radius 2 is 2.05 bits per heavy atom. The van der Waals surface area contributed by atoms with Gasteiger partial charge in [0.15, 0.2) is 5.82 Å². The van der Waals surface area contributed by atoms with Gasteiger partial charge in [-0.15, -0.1) is 0 Å². The molecular weight excluding hydrogens is 309 g/mol. The van der Waals surface area contributed by atoms with Crippen molar-refractivity contribution in [2.24, 2.45) is 0 Å². The lowest BCUT2D eigenvalue weighted by molar-refractivity contribution is 0.240. The summed E-state index contributed by atoms with van der Waals surface area (Å²) in [6, 6.07) is 5.44. The Morgan fingerprint density at radius 3 is 2.76 bits per heavy atom. The van der Waals surface area contributed by atoms with E-state index in [9.17, 15) is 0 Å². The van der Waals surface area contributed by atoms with E-state index in [-0.39, 0.29) is 5.41 Å². The third-order valence-electron chi connectivity index (χ3n) is 4.06. The van der Waals surface area contributed by atoms with Gasteiger partial charge in [-0.3, -0.25) is 0 Å². The zero-order valence-electron chi connectivity index (χ0n) is 11.8. The number of hydrogen-bond donors (Lipinski definition) is 1. The Morgan fingerprint density at radius 1 is 1.29 bits per heavy atom. The molecule has 0 amide bonds. The summed E-state index contributed by atoms with van der Waals surface area (Å²) >= 11 is 12.1. The molecule has 112 valence electrons. The fourth-order valence-corrected chi connectivity index (χ4v) is 3.07. The van der Waals surface area contributed by atoms with Crippen LogP contribution in [0.2, 0.25) is 10.0 Å². The zero-order chi connectivity index (χ0) is 14.9. The zero-order valence-corrected chi connectivity index (χ0v) is 13.3. The van der Waals surface area contributed by atoms with Gasteiger partial charge in [0.1, 0.15) is 0 Å². The van der Waals surface area contributed by atoms with Crippen molar-refractivity contribution in [3.63, 3.8) is 0 Å². The van der Waals surface area contributed by atoms with Crippen molar-refractivity contribution >= 4 is 23.2 Å². The highest BCUT2D eigenvalue weighted by Gasteiger charge is 2.34. The van der Waals surface area contributed by atoms with Gasteiger partial charge >= 0.3 is 0 Å². The van der Waals surface area contributed by atoms with Crippen molar-refractivity contribution < 1.29 is 4.52 Å². The molecule has 1 aromatic carbocycles. The largest absolute Gasteiger partial charge is 0.339 e. The van der Waals surface area contributed by atoms with Crippen LogP contribution in [0, 0.1) is 0 Å². The predicted molar refractivity (Wildman–Crippen MR) is 83.0 cm³/mol. The Hall–Kier alpha value is -1.10. The van der Waals surface area contributed by atoms with Gasteiger partial charge in [-0.05, 0) is 43.6 Å². The van der Waals surface area contributed by atoms with Crippen LogP contribution in [0.25, 0.3) is 0 Å². The normalized spacial score (nSPS) is 17.9. The topological polar surface area (TPSA) is 51.0 Å². The van der Waals surface area contributed by atoms with E-state index in [4.69, 9.17) is 27.7 Å². The third-order valence-corrected chi connectivity index (χ3v) is 4.64. The van der Waals surface area contributed by atoms with Crippen LogP contribution < -0.4 is 5.32 Å². The lowest BCUT2D eigenvalue weighted by Crippen LogP contribution is -2.37. The number of nitrogens with zero attached hydrogens (tertiary/aromatic N) is 2. The lowest BCUT2D eigenvalue weighted by Gasteiger charge is -2.30. The Labute approximate surface area is 133 Å². The molecule has 0 spiro atoms. The molecule has 1 aromatic heterocycles. The Kier molecular flexibility index (Phi) is 4.20. The number of aromatic nitrogens is 2. The molecule has 0 bridgehead atoms. The van der Waals surface area contributed by atoms with Gasteiger partial charge in [0.2, 0.25) is 5.89 Å². The minimum absolute atomic E-state index is 0.0275. The molecule has 0 aliphatic carbocycles. The SMILES string of the molecule is CC1(c2nc(Cc3ccc(Cl)cc3Cl)no2)CCNCC1. The molecule has 1 aliphatic rings. The van der Waals surface area contributed by atoms with Gasteiger partial charge in [-0.25, -0.2) is 0 Å². The molecule has 21 heavy (non-hydrogen) atoms. The molecule has 1 N–H and O–H groups in total. The third kappa shape index (κ3) is 3.23. The molecule has 2 heterocycles. The van der Waals surface area contributed by atoms with Crippen molar-refractivity contribution in [2.45, 2.75) is 31.6 Å². The molecule has 1 aliphatic heterocycles. The van der Waals surface area contributed by atoms with E-state index in [1.807, 2.05) is 12.1 Å². The highest BCUT2D eigenvalue weighted by molar-refractivity contribution is 6.35. The van der Waals surface area contributed by atoms with Crippen LogP contribution in [0.3, 0.4) is 0 Å². The second kappa shape index (κ2) is 5.95. The van der Waals surface area contributed by atoms with E-state index < -0.39 is 0 Å². The van der Waals surface area contributed by atoms with Crippen molar-refractivity contribution in [1.29, 1.82) is 0 Å². The van der Waals surface area contributed by atoms with Gasteiger partial charge in [0, 0.05) is 21.9 Å². The minimum atomic E-state index is -0.0275. The Bertz CT molecular complexity index is 636. The first-order valence-electron chi connectivity index (χ1n) is 7.04. The summed E-state index contributed by atoms with van der Waals surface area (Å²) in [4.78, 5) is 4.57. The summed E-state index contributed by atoms with van der Waals surface area (Å²) in [7, 11) is 0. The average Bonchev–Trinajstić information content (AvgIpc) is 2.92. The first-order valence-corrected chi connectivity index (χ1v) is 7.80. The molecule has 0 radical (unpaired) electrons. The van der Waals surface area contributed by atoms with E-state index >= 15 is 0 Å². The number of benzene rings is 1. The van der Waals surface area contributed by atoms with E-state index in [0.717, 1.165) is 37.4 Å². The fraction of sp³-hybridized carbons (Fsp3) is 0.467. The molecule has 0 saturated carbocycles. The maximum absolute atomic E-state index is 6.18. The molecule has 6 heteroatoms. The average molecular weight is 326 g/mol. The van der Waals surface area contributed by atoms with Gasteiger partial charge in [-0.2, -0.15) is 4.98 Å².